The van der Waals surface area contributed by atoms with Crippen LogP contribution < -0.4 is 10.6 Å². The molecule has 1 saturated carbocycles. The predicted octanol–water partition coefficient (Wildman–Crippen LogP) is 1.75. The Morgan fingerprint density at radius 3 is 2.72 bits per heavy atom. The van der Waals surface area contributed by atoms with Crippen LogP contribution in [-0.2, 0) is 6.42 Å². The third-order valence-electron chi connectivity index (χ3n) is 4.37. The highest BCUT2D eigenvalue weighted by molar-refractivity contribution is 5.33. The molecule has 2 aliphatic rings. The Bertz CT molecular complexity index is 389. The van der Waals surface area contributed by atoms with Gasteiger partial charge in [-0.3, -0.25) is 0 Å². The summed E-state index contributed by atoms with van der Waals surface area (Å²) in [6, 6.07) is 0.694. The van der Waals surface area contributed by atoms with Crippen molar-refractivity contribution in [2.24, 2.45) is 11.7 Å². The zero-order valence-electron chi connectivity index (χ0n) is 10.9. The minimum atomic E-state index is 0.664. The Kier molecular flexibility index (Phi) is 3.46. The molecular formula is C14H22N4. The molecule has 0 spiro atoms. The van der Waals surface area contributed by atoms with Crippen LogP contribution in [0.25, 0.3) is 0 Å². The highest BCUT2D eigenvalue weighted by Crippen LogP contribution is 2.37. The molecule has 2 fully saturated rings. The minimum Gasteiger partial charge on any atom is -0.338 e. The summed E-state index contributed by atoms with van der Waals surface area (Å²) >= 11 is 0. The van der Waals surface area contributed by atoms with Gasteiger partial charge in [0.15, 0.2) is 0 Å². The van der Waals surface area contributed by atoms with E-state index in [1.54, 1.807) is 0 Å². The summed E-state index contributed by atoms with van der Waals surface area (Å²) in [5.74, 6) is 1.80. The van der Waals surface area contributed by atoms with Gasteiger partial charge in [-0.2, -0.15) is 0 Å². The number of nitrogens with two attached hydrogens (primary N) is 1. The van der Waals surface area contributed by atoms with E-state index in [0.29, 0.717) is 12.6 Å². The summed E-state index contributed by atoms with van der Waals surface area (Å²) in [5, 5.41) is 0. The maximum atomic E-state index is 5.55. The van der Waals surface area contributed by atoms with Crippen LogP contribution >= 0.6 is 0 Å². The number of rotatable bonds is 3. The molecule has 1 aliphatic heterocycles. The maximum absolute atomic E-state index is 5.55. The molecule has 1 aromatic heterocycles. The van der Waals surface area contributed by atoms with Crippen LogP contribution in [0.4, 0.5) is 5.95 Å². The van der Waals surface area contributed by atoms with Gasteiger partial charge in [-0.1, -0.05) is 6.42 Å². The molecule has 4 nitrogen and oxygen atoms in total. The Morgan fingerprint density at radius 1 is 1.17 bits per heavy atom. The third-order valence-corrected chi connectivity index (χ3v) is 4.37. The molecule has 2 heterocycles. The van der Waals surface area contributed by atoms with Crippen molar-refractivity contribution in [3.8, 4) is 0 Å². The lowest BCUT2D eigenvalue weighted by atomic mass is 9.92. The topological polar surface area (TPSA) is 55.0 Å². The third kappa shape index (κ3) is 2.21. The van der Waals surface area contributed by atoms with Gasteiger partial charge in [0.05, 0.1) is 0 Å². The van der Waals surface area contributed by atoms with Gasteiger partial charge in [-0.15, -0.1) is 0 Å². The fourth-order valence-corrected chi connectivity index (χ4v) is 3.49. The van der Waals surface area contributed by atoms with Crippen LogP contribution in [0.2, 0.25) is 0 Å². The second kappa shape index (κ2) is 5.22. The molecule has 1 aliphatic carbocycles. The zero-order chi connectivity index (χ0) is 12.4. The first kappa shape index (κ1) is 11.9. The van der Waals surface area contributed by atoms with E-state index < -0.39 is 0 Å². The van der Waals surface area contributed by atoms with Crippen molar-refractivity contribution in [3.05, 3.63) is 18.0 Å². The highest BCUT2D eigenvalue weighted by Gasteiger charge is 2.35. The molecule has 1 saturated heterocycles. The van der Waals surface area contributed by atoms with Gasteiger partial charge in [-0.05, 0) is 50.1 Å². The first-order valence-corrected chi connectivity index (χ1v) is 7.16. The van der Waals surface area contributed by atoms with Gasteiger partial charge in [0, 0.05) is 25.0 Å². The van der Waals surface area contributed by atoms with Crippen molar-refractivity contribution in [2.45, 2.75) is 44.6 Å². The highest BCUT2D eigenvalue weighted by atomic mass is 15.3. The van der Waals surface area contributed by atoms with E-state index in [-0.39, 0.29) is 0 Å². The smallest absolute Gasteiger partial charge is 0.225 e. The molecule has 18 heavy (non-hydrogen) atoms. The fourth-order valence-electron chi connectivity index (χ4n) is 3.49. The largest absolute Gasteiger partial charge is 0.338 e. The van der Waals surface area contributed by atoms with E-state index in [0.717, 1.165) is 30.4 Å². The van der Waals surface area contributed by atoms with Gasteiger partial charge in [0.2, 0.25) is 5.95 Å². The Labute approximate surface area is 109 Å². The van der Waals surface area contributed by atoms with E-state index >= 15 is 0 Å². The van der Waals surface area contributed by atoms with Crippen LogP contribution in [0, 0.1) is 5.92 Å². The van der Waals surface area contributed by atoms with E-state index in [9.17, 15) is 0 Å². The zero-order valence-corrected chi connectivity index (χ0v) is 10.9. The van der Waals surface area contributed by atoms with E-state index in [4.69, 9.17) is 5.73 Å². The van der Waals surface area contributed by atoms with Crippen LogP contribution in [0.1, 0.15) is 37.7 Å². The lowest BCUT2D eigenvalue weighted by Gasteiger charge is -2.37. The minimum absolute atomic E-state index is 0.664. The van der Waals surface area contributed by atoms with Crippen molar-refractivity contribution in [1.82, 2.24) is 9.97 Å². The molecule has 0 aromatic carbocycles. The van der Waals surface area contributed by atoms with Crippen molar-refractivity contribution >= 4 is 5.95 Å². The predicted molar refractivity (Wildman–Crippen MR) is 72.5 cm³/mol. The summed E-state index contributed by atoms with van der Waals surface area (Å²) < 4.78 is 0. The first-order chi connectivity index (χ1) is 8.88. The average molecular weight is 246 g/mol. The molecular weight excluding hydrogens is 224 g/mol. The Balaban J connectivity index is 1.76. The monoisotopic (exact) mass is 246 g/mol. The van der Waals surface area contributed by atoms with Gasteiger partial charge < -0.3 is 10.6 Å². The SMILES string of the molecule is NCCc1cnc(N2CCCC3CCCC32)nc1. The van der Waals surface area contributed by atoms with Crippen molar-refractivity contribution < 1.29 is 0 Å². The number of aromatic nitrogens is 2. The number of fused-ring (bicyclic) bond motifs is 1. The maximum Gasteiger partial charge on any atom is 0.225 e. The molecule has 98 valence electrons. The molecule has 2 N–H and O–H groups in total. The van der Waals surface area contributed by atoms with E-state index in [1.807, 2.05) is 12.4 Å². The quantitative estimate of drug-likeness (QED) is 0.882. The van der Waals surface area contributed by atoms with Crippen LogP contribution in [0.15, 0.2) is 12.4 Å². The van der Waals surface area contributed by atoms with E-state index in [1.165, 1.54) is 32.1 Å². The van der Waals surface area contributed by atoms with Gasteiger partial charge >= 0.3 is 0 Å². The summed E-state index contributed by atoms with van der Waals surface area (Å²) in [6.45, 7) is 1.79. The standard InChI is InChI=1S/C14H22N4/c15-7-6-11-9-16-14(17-10-11)18-8-2-4-12-3-1-5-13(12)18/h9-10,12-13H,1-8,15H2. The molecule has 1 aromatic rings. The van der Waals surface area contributed by atoms with Crippen molar-refractivity contribution in [1.29, 1.82) is 0 Å². The molecule has 0 radical (unpaired) electrons. The second-order valence-corrected chi connectivity index (χ2v) is 5.52. The summed E-state index contributed by atoms with van der Waals surface area (Å²) in [7, 11) is 0. The van der Waals surface area contributed by atoms with Crippen molar-refractivity contribution in [2.75, 3.05) is 18.0 Å². The number of hydrogen-bond acceptors (Lipinski definition) is 4. The number of hydrogen-bond donors (Lipinski definition) is 1. The molecule has 0 amide bonds. The molecule has 3 rings (SSSR count). The van der Waals surface area contributed by atoms with Crippen molar-refractivity contribution in [3.63, 3.8) is 0 Å². The molecule has 2 unspecified atom stereocenters. The summed E-state index contributed by atoms with van der Waals surface area (Å²) in [6.07, 6.45) is 11.5. The lowest BCUT2D eigenvalue weighted by Crippen LogP contribution is -2.43. The fraction of sp³-hybridized carbons (Fsp3) is 0.714. The van der Waals surface area contributed by atoms with Gasteiger partial charge in [-0.25, -0.2) is 9.97 Å². The van der Waals surface area contributed by atoms with Crippen LogP contribution in [0.5, 0.6) is 0 Å². The normalized spacial score (nSPS) is 27.3. The molecule has 4 heteroatoms. The first-order valence-electron chi connectivity index (χ1n) is 7.16. The van der Waals surface area contributed by atoms with Gasteiger partial charge in [0.1, 0.15) is 0 Å². The lowest BCUT2D eigenvalue weighted by molar-refractivity contribution is 0.358. The Morgan fingerprint density at radius 2 is 1.94 bits per heavy atom. The molecule has 2 atom stereocenters. The Hall–Kier alpha value is -1.16. The number of anilines is 1. The van der Waals surface area contributed by atoms with Gasteiger partial charge in [0.25, 0.3) is 0 Å². The van der Waals surface area contributed by atoms with E-state index in [2.05, 4.69) is 14.9 Å². The number of piperidine rings is 1. The summed E-state index contributed by atoms with van der Waals surface area (Å²) in [4.78, 5) is 11.5. The second-order valence-electron chi connectivity index (χ2n) is 5.52. The number of nitrogens with zero attached hydrogens (tertiary/aromatic N) is 3. The van der Waals surface area contributed by atoms with Crippen LogP contribution in [0.3, 0.4) is 0 Å². The molecule has 0 bridgehead atoms. The van der Waals surface area contributed by atoms with Crippen LogP contribution in [-0.4, -0.2) is 29.1 Å². The summed E-state index contributed by atoms with van der Waals surface area (Å²) in [5.41, 5.74) is 6.69. The average Bonchev–Trinajstić information content (AvgIpc) is 2.88.